The number of azo groups is 1. The van der Waals surface area contributed by atoms with Gasteiger partial charge < -0.3 is 0 Å². The van der Waals surface area contributed by atoms with E-state index in [0.29, 0.717) is 24.5 Å². The Morgan fingerprint density at radius 2 is 1.00 bits per heavy atom. The summed E-state index contributed by atoms with van der Waals surface area (Å²) < 4.78 is 0. The molecule has 16 heteroatoms. The number of nitro groups is 4. The van der Waals surface area contributed by atoms with Crippen molar-refractivity contribution >= 4 is 34.4 Å². The summed E-state index contributed by atoms with van der Waals surface area (Å²) in [7, 11) is 0. The average Bonchev–Trinajstić information content (AvgIpc) is 2.59. The fourth-order valence-corrected chi connectivity index (χ4v) is 1.59. The Bertz CT molecular complexity index is 896. The second-order valence-corrected chi connectivity index (χ2v) is 4.30. The van der Waals surface area contributed by atoms with Gasteiger partial charge in [0.2, 0.25) is 0 Å². The van der Waals surface area contributed by atoms with Gasteiger partial charge in [-0.05, 0) is 0 Å². The van der Waals surface area contributed by atoms with Crippen molar-refractivity contribution in [2.24, 2.45) is 10.2 Å². The largest absolute Gasteiger partial charge is 0.322 e. The summed E-state index contributed by atoms with van der Waals surface area (Å²) in [5.41, 5.74) is -3.08. The van der Waals surface area contributed by atoms with E-state index in [9.17, 15) is 40.5 Å². The highest BCUT2D eigenvalue weighted by Crippen LogP contribution is 2.32. The molecule has 0 atom stereocenters. The molecule has 0 fully saturated rings. The van der Waals surface area contributed by atoms with E-state index in [0.717, 1.165) is 0 Å². The first kappa shape index (κ1) is 17.8. The van der Waals surface area contributed by atoms with Crippen molar-refractivity contribution in [3.63, 3.8) is 0 Å². The van der Waals surface area contributed by atoms with Gasteiger partial charge in [-0.1, -0.05) is 0 Å². The number of rotatable bonds is 6. The van der Waals surface area contributed by atoms with E-state index >= 15 is 0 Å². The van der Waals surface area contributed by atoms with Gasteiger partial charge in [-0.3, -0.25) is 40.5 Å². The Morgan fingerprint density at radius 3 is 1.27 bits per heavy atom. The van der Waals surface area contributed by atoms with Gasteiger partial charge in [-0.15, -0.1) is 10.2 Å². The van der Waals surface area contributed by atoms with Crippen LogP contribution < -0.4 is 0 Å². The van der Waals surface area contributed by atoms with E-state index in [1.807, 2.05) is 0 Å². The van der Waals surface area contributed by atoms with E-state index in [2.05, 4.69) is 20.2 Å². The van der Waals surface area contributed by atoms with E-state index in [1.165, 1.54) is 0 Å². The van der Waals surface area contributed by atoms with Crippen molar-refractivity contribution in [2.75, 3.05) is 0 Å². The molecule has 0 aliphatic rings. The Hall–Kier alpha value is -4.50. The predicted octanol–water partition coefficient (Wildman–Crippen LogP) is 2.52. The lowest BCUT2D eigenvalue weighted by molar-refractivity contribution is -0.394. The van der Waals surface area contributed by atoms with Crippen molar-refractivity contribution in [1.82, 2.24) is 9.97 Å². The van der Waals surface area contributed by atoms with E-state index in [1.54, 1.807) is 0 Å². The van der Waals surface area contributed by atoms with E-state index < -0.39 is 54.1 Å². The zero-order chi connectivity index (χ0) is 19.4. The normalized spacial score (nSPS) is 10.6. The number of pyridine rings is 2. The molecule has 0 N–H and O–H groups in total. The first-order chi connectivity index (χ1) is 12.2. The quantitative estimate of drug-likeness (QED) is 0.413. The maximum atomic E-state index is 10.9. The minimum atomic E-state index is -1.01. The molecule has 2 rings (SSSR count). The van der Waals surface area contributed by atoms with Crippen molar-refractivity contribution in [1.29, 1.82) is 0 Å². The van der Waals surface area contributed by atoms with Gasteiger partial charge in [0.25, 0.3) is 23.0 Å². The molecule has 2 aromatic rings. The zero-order valence-electron chi connectivity index (χ0n) is 12.2. The Labute approximate surface area is 140 Å². The summed E-state index contributed by atoms with van der Waals surface area (Å²) >= 11 is 0. The smallest absolute Gasteiger partial charge is 0.258 e. The highest BCUT2D eigenvalue weighted by atomic mass is 16.6. The lowest BCUT2D eigenvalue weighted by Crippen LogP contribution is -1.95. The van der Waals surface area contributed by atoms with Gasteiger partial charge in [0, 0.05) is 0 Å². The van der Waals surface area contributed by atoms with Crippen LogP contribution in [-0.4, -0.2) is 29.7 Å². The van der Waals surface area contributed by atoms with Crippen LogP contribution in [0, 0.1) is 40.5 Å². The third kappa shape index (κ3) is 3.69. The van der Waals surface area contributed by atoms with Crippen LogP contribution in [0.15, 0.2) is 34.8 Å². The van der Waals surface area contributed by atoms with Crippen LogP contribution in [0.3, 0.4) is 0 Å². The molecule has 26 heavy (non-hydrogen) atoms. The van der Waals surface area contributed by atoms with Crippen LogP contribution in [0.5, 0.6) is 0 Å². The fourth-order valence-electron chi connectivity index (χ4n) is 1.59. The van der Waals surface area contributed by atoms with Crippen molar-refractivity contribution in [3.8, 4) is 0 Å². The Balaban J connectivity index is 2.50. The monoisotopic (exact) mass is 364 g/mol. The second-order valence-electron chi connectivity index (χ2n) is 4.30. The molecule has 0 saturated carbocycles. The minimum absolute atomic E-state index is 0.582. The SMILES string of the molecule is O=[N+]([O-])c1cnc(/N=N\c2ncc([N+](=O)[O-])cc2[N+](=O)[O-])c([N+](=O)[O-])c1. The molecule has 0 aromatic carbocycles. The first-order valence-corrected chi connectivity index (χ1v) is 6.20. The molecule has 2 heterocycles. The molecule has 0 amide bonds. The number of aromatic nitrogens is 2. The summed E-state index contributed by atoms with van der Waals surface area (Å²) in [5.74, 6) is -1.34. The number of hydrogen-bond acceptors (Lipinski definition) is 12. The molecule has 0 aliphatic heterocycles. The maximum absolute atomic E-state index is 10.9. The standard InChI is InChI=1S/C10H4N8O8/c19-15(20)5-1-7(17(23)24)9(11-3-5)13-14-10-8(18(25)26)2-6(4-12-10)16(21)22/h1-4H/b14-13-. The lowest BCUT2D eigenvalue weighted by Gasteiger charge is -1.97. The van der Waals surface area contributed by atoms with Crippen molar-refractivity contribution < 1.29 is 19.7 Å². The molecule has 0 saturated heterocycles. The van der Waals surface area contributed by atoms with Gasteiger partial charge >= 0.3 is 11.4 Å². The number of nitrogens with zero attached hydrogens (tertiary/aromatic N) is 8. The lowest BCUT2D eigenvalue weighted by atomic mass is 10.3. The van der Waals surface area contributed by atoms with Crippen LogP contribution in [0.1, 0.15) is 0 Å². The van der Waals surface area contributed by atoms with E-state index in [4.69, 9.17) is 0 Å². The van der Waals surface area contributed by atoms with Gasteiger partial charge in [-0.2, -0.15) is 0 Å². The van der Waals surface area contributed by atoms with Crippen LogP contribution in [0.4, 0.5) is 34.4 Å². The molecule has 0 aliphatic carbocycles. The van der Waals surface area contributed by atoms with Gasteiger partial charge in [0.1, 0.15) is 12.4 Å². The maximum Gasteiger partial charge on any atom is 0.322 e. The van der Waals surface area contributed by atoms with Gasteiger partial charge in [-0.25, -0.2) is 9.97 Å². The molecular formula is C10H4N8O8. The third-order valence-corrected chi connectivity index (χ3v) is 2.72. The summed E-state index contributed by atoms with van der Waals surface area (Å²) in [6, 6.07) is 1.16. The number of hydrogen-bond donors (Lipinski definition) is 0. The molecule has 0 bridgehead atoms. The van der Waals surface area contributed by atoms with Crippen LogP contribution >= 0.6 is 0 Å². The summed E-state index contributed by atoms with van der Waals surface area (Å²) in [5, 5.41) is 49.8. The topological polar surface area (TPSA) is 223 Å². The predicted molar refractivity (Wildman–Crippen MR) is 79.3 cm³/mol. The highest BCUT2D eigenvalue weighted by molar-refractivity contribution is 5.58. The molecular weight excluding hydrogens is 360 g/mol. The molecule has 0 radical (unpaired) electrons. The van der Waals surface area contributed by atoms with Gasteiger partial charge in [0.05, 0.1) is 31.8 Å². The molecule has 132 valence electrons. The summed E-state index contributed by atoms with van der Waals surface area (Å²) in [4.78, 5) is 46.1. The minimum Gasteiger partial charge on any atom is -0.258 e. The zero-order valence-corrected chi connectivity index (χ0v) is 12.2. The fraction of sp³-hybridized carbons (Fsp3) is 0. The van der Waals surface area contributed by atoms with Crippen molar-refractivity contribution in [2.45, 2.75) is 0 Å². The Kier molecular flexibility index (Phi) is 4.77. The van der Waals surface area contributed by atoms with E-state index in [-0.39, 0.29) is 0 Å². The molecule has 0 spiro atoms. The van der Waals surface area contributed by atoms with Crippen LogP contribution in [-0.2, 0) is 0 Å². The van der Waals surface area contributed by atoms with Gasteiger partial charge in [0.15, 0.2) is 0 Å². The molecule has 0 unspecified atom stereocenters. The highest BCUT2D eigenvalue weighted by Gasteiger charge is 2.23. The van der Waals surface area contributed by atoms with Crippen LogP contribution in [0.25, 0.3) is 0 Å². The molecule has 16 nitrogen and oxygen atoms in total. The summed E-state index contributed by atoms with van der Waals surface area (Å²) in [6.07, 6.45) is 1.36. The first-order valence-electron chi connectivity index (χ1n) is 6.20. The molecule has 2 aromatic heterocycles. The Morgan fingerprint density at radius 1 is 0.654 bits per heavy atom. The van der Waals surface area contributed by atoms with Crippen molar-refractivity contribution in [3.05, 3.63) is 65.0 Å². The second kappa shape index (κ2) is 6.95. The van der Waals surface area contributed by atoms with Crippen LogP contribution in [0.2, 0.25) is 0 Å². The average molecular weight is 364 g/mol. The summed E-state index contributed by atoms with van der Waals surface area (Å²) in [6.45, 7) is 0. The third-order valence-electron chi connectivity index (χ3n) is 2.72.